The quantitative estimate of drug-likeness (QED) is 0.495. The molecule has 1 aromatic heterocycles. The second kappa shape index (κ2) is 6.21. The molecule has 0 fully saturated rings. The second-order valence-electron chi connectivity index (χ2n) is 3.64. The molecule has 0 saturated heterocycles. The Bertz CT molecular complexity index is 555. The predicted octanol–water partition coefficient (Wildman–Crippen LogP) is 2.17. The smallest absolute Gasteiger partial charge is 0.269 e. The fourth-order valence-electron chi connectivity index (χ4n) is 1.40. The highest BCUT2D eigenvalue weighted by molar-refractivity contribution is 7.18. The number of hydrogen-bond acceptors (Lipinski definition) is 7. The number of anilines is 1. The number of ether oxygens (including phenoxy) is 1. The van der Waals surface area contributed by atoms with Crippen molar-refractivity contribution in [2.75, 3.05) is 25.6 Å². The third-order valence-corrected chi connectivity index (χ3v) is 3.26. The first kappa shape index (κ1) is 13.4. The van der Waals surface area contributed by atoms with Gasteiger partial charge >= 0.3 is 0 Å². The summed E-state index contributed by atoms with van der Waals surface area (Å²) in [5, 5.41) is 23.1. The van der Waals surface area contributed by atoms with Crippen molar-refractivity contribution in [1.29, 1.82) is 0 Å². The Labute approximate surface area is 113 Å². The minimum Gasteiger partial charge on any atom is -0.383 e. The SMILES string of the molecule is COCCNc1nnc(-c2ccc([N+](=O)[O-])cc2)s1. The van der Waals surface area contributed by atoms with Crippen LogP contribution >= 0.6 is 11.3 Å². The molecular weight excluding hydrogens is 268 g/mol. The van der Waals surface area contributed by atoms with Gasteiger partial charge in [0.15, 0.2) is 0 Å². The van der Waals surface area contributed by atoms with Gasteiger partial charge in [0.25, 0.3) is 5.69 Å². The number of benzene rings is 1. The van der Waals surface area contributed by atoms with Gasteiger partial charge in [-0.2, -0.15) is 0 Å². The van der Waals surface area contributed by atoms with Crippen LogP contribution in [0, 0.1) is 10.1 Å². The van der Waals surface area contributed by atoms with E-state index in [2.05, 4.69) is 15.5 Å². The van der Waals surface area contributed by atoms with Crippen LogP contribution in [0.1, 0.15) is 0 Å². The average molecular weight is 280 g/mol. The van der Waals surface area contributed by atoms with Gasteiger partial charge in [-0.05, 0) is 12.1 Å². The van der Waals surface area contributed by atoms with E-state index in [1.165, 1.54) is 23.5 Å². The Hall–Kier alpha value is -2.06. The van der Waals surface area contributed by atoms with E-state index in [1.807, 2.05) is 0 Å². The van der Waals surface area contributed by atoms with Crippen molar-refractivity contribution in [1.82, 2.24) is 10.2 Å². The molecule has 1 heterocycles. The topological polar surface area (TPSA) is 90.2 Å². The monoisotopic (exact) mass is 280 g/mol. The molecule has 19 heavy (non-hydrogen) atoms. The van der Waals surface area contributed by atoms with Crippen LogP contribution in [0.15, 0.2) is 24.3 Å². The van der Waals surface area contributed by atoms with Gasteiger partial charge < -0.3 is 10.1 Å². The van der Waals surface area contributed by atoms with E-state index in [9.17, 15) is 10.1 Å². The van der Waals surface area contributed by atoms with E-state index in [0.29, 0.717) is 18.3 Å². The van der Waals surface area contributed by atoms with Crippen LogP contribution in [0.25, 0.3) is 10.6 Å². The fourth-order valence-corrected chi connectivity index (χ4v) is 2.17. The van der Waals surface area contributed by atoms with Crippen LogP contribution in [-0.4, -0.2) is 35.4 Å². The average Bonchev–Trinajstić information content (AvgIpc) is 2.88. The van der Waals surface area contributed by atoms with E-state index in [0.717, 1.165) is 10.6 Å². The van der Waals surface area contributed by atoms with Crippen LogP contribution in [0.4, 0.5) is 10.8 Å². The molecule has 2 rings (SSSR count). The van der Waals surface area contributed by atoms with Crippen LogP contribution in [0.3, 0.4) is 0 Å². The molecule has 0 amide bonds. The van der Waals surface area contributed by atoms with Crippen molar-refractivity contribution in [3.05, 3.63) is 34.4 Å². The van der Waals surface area contributed by atoms with E-state index < -0.39 is 4.92 Å². The lowest BCUT2D eigenvalue weighted by Gasteiger charge is -1.98. The summed E-state index contributed by atoms with van der Waals surface area (Å²) in [7, 11) is 1.63. The first-order chi connectivity index (χ1) is 9.20. The summed E-state index contributed by atoms with van der Waals surface area (Å²) in [5.74, 6) is 0. The number of nitrogens with one attached hydrogen (secondary N) is 1. The molecule has 0 atom stereocenters. The number of nitro benzene ring substituents is 1. The first-order valence-electron chi connectivity index (χ1n) is 5.52. The minimum absolute atomic E-state index is 0.0618. The number of nitro groups is 1. The molecule has 2 aromatic rings. The van der Waals surface area contributed by atoms with Gasteiger partial charge in [-0.25, -0.2) is 0 Å². The van der Waals surface area contributed by atoms with Crippen molar-refractivity contribution < 1.29 is 9.66 Å². The van der Waals surface area contributed by atoms with Gasteiger partial charge in [-0.1, -0.05) is 11.3 Å². The standard InChI is InChI=1S/C11H12N4O3S/c1-18-7-6-12-11-14-13-10(19-11)8-2-4-9(5-3-8)15(16)17/h2-5H,6-7H2,1H3,(H,12,14). The molecule has 0 saturated carbocycles. The maximum atomic E-state index is 10.6. The summed E-state index contributed by atoms with van der Waals surface area (Å²) in [5.41, 5.74) is 0.870. The fraction of sp³-hybridized carbons (Fsp3) is 0.273. The van der Waals surface area contributed by atoms with Crippen molar-refractivity contribution in [3.8, 4) is 10.6 Å². The highest BCUT2D eigenvalue weighted by Crippen LogP contribution is 2.27. The van der Waals surface area contributed by atoms with Crippen LogP contribution in [-0.2, 0) is 4.74 Å². The van der Waals surface area contributed by atoms with Gasteiger partial charge in [-0.3, -0.25) is 10.1 Å². The maximum Gasteiger partial charge on any atom is 0.269 e. The van der Waals surface area contributed by atoms with Gasteiger partial charge in [0, 0.05) is 31.4 Å². The molecule has 0 spiro atoms. The van der Waals surface area contributed by atoms with Gasteiger partial charge in [-0.15, -0.1) is 10.2 Å². The zero-order valence-corrected chi connectivity index (χ0v) is 11.0. The first-order valence-corrected chi connectivity index (χ1v) is 6.33. The Balaban J connectivity index is 2.07. The van der Waals surface area contributed by atoms with Crippen molar-refractivity contribution >= 4 is 22.2 Å². The van der Waals surface area contributed by atoms with E-state index in [-0.39, 0.29) is 5.69 Å². The molecule has 0 aliphatic heterocycles. The largest absolute Gasteiger partial charge is 0.383 e. The van der Waals surface area contributed by atoms with Gasteiger partial charge in [0.2, 0.25) is 5.13 Å². The summed E-state index contributed by atoms with van der Waals surface area (Å²) < 4.78 is 4.92. The van der Waals surface area contributed by atoms with E-state index in [1.54, 1.807) is 19.2 Å². The number of hydrogen-bond donors (Lipinski definition) is 1. The predicted molar refractivity (Wildman–Crippen MR) is 72.4 cm³/mol. The molecule has 1 N–H and O–H groups in total. The van der Waals surface area contributed by atoms with Crippen LogP contribution in [0.2, 0.25) is 0 Å². The maximum absolute atomic E-state index is 10.6. The Kier molecular flexibility index (Phi) is 4.37. The van der Waals surface area contributed by atoms with Crippen molar-refractivity contribution in [3.63, 3.8) is 0 Å². The van der Waals surface area contributed by atoms with E-state index >= 15 is 0 Å². The number of non-ortho nitro benzene ring substituents is 1. The summed E-state index contributed by atoms with van der Waals surface area (Å²) in [6.45, 7) is 1.25. The number of methoxy groups -OCH3 is 1. The van der Waals surface area contributed by atoms with Gasteiger partial charge in [0.1, 0.15) is 5.01 Å². The lowest BCUT2D eigenvalue weighted by Crippen LogP contribution is -2.06. The molecule has 0 aliphatic carbocycles. The van der Waals surface area contributed by atoms with Gasteiger partial charge in [0.05, 0.1) is 11.5 Å². The summed E-state index contributed by atoms with van der Waals surface area (Å²) in [6.07, 6.45) is 0. The summed E-state index contributed by atoms with van der Waals surface area (Å²) >= 11 is 1.39. The summed E-state index contributed by atoms with van der Waals surface area (Å²) in [6, 6.07) is 6.23. The van der Waals surface area contributed by atoms with Crippen LogP contribution < -0.4 is 5.32 Å². The third-order valence-electron chi connectivity index (χ3n) is 2.33. The highest BCUT2D eigenvalue weighted by atomic mass is 32.1. The van der Waals surface area contributed by atoms with E-state index in [4.69, 9.17) is 4.74 Å². The minimum atomic E-state index is -0.429. The zero-order valence-electron chi connectivity index (χ0n) is 10.2. The zero-order chi connectivity index (χ0) is 13.7. The molecule has 1 aromatic carbocycles. The Morgan fingerprint density at radius 3 is 2.74 bits per heavy atom. The molecule has 100 valence electrons. The lowest BCUT2D eigenvalue weighted by molar-refractivity contribution is -0.384. The number of aromatic nitrogens is 2. The third kappa shape index (κ3) is 3.46. The molecule has 0 aliphatic rings. The molecular formula is C11H12N4O3S. The van der Waals surface area contributed by atoms with Crippen molar-refractivity contribution in [2.24, 2.45) is 0 Å². The second-order valence-corrected chi connectivity index (χ2v) is 4.61. The molecule has 0 radical (unpaired) electrons. The number of rotatable bonds is 6. The molecule has 0 unspecified atom stereocenters. The summed E-state index contributed by atoms with van der Waals surface area (Å²) in [4.78, 5) is 10.1. The molecule has 7 nitrogen and oxygen atoms in total. The lowest BCUT2D eigenvalue weighted by atomic mass is 10.2. The van der Waals surface area contributed by atoms with Crippen molar-refractivity contribution in [2.45, 2.75) is 0 Å². The number of nitrogens with zero attached hydrogens (tertiary/aromatic N) is 3. The molecule has 8 heteroatoms. The Morgan fingerprint density at radius 1 is 1.37 bits per heavy atom. The normalized spacial score (nSPS) is 10.4. The highest BCUT2D eigenvalue weighted by Gasteiger charge is 2.09. The Morgan fingerprint density at radius 2 is 2.11 bits per heavy atom. The van der Waals surface area contributed by atoms with Crippen LogP contribution in [0.5, 0.6) is 0 Å². The molecule has 0 bridgehead atoms.